The van der Waals surface area contributed by atoms with Crippen LogP contribution in [0.25, 0.3) is 0 Å². The molecule has 0 atom stereocenters. The molecule has 4 rings (SSSR count). The number of thiophene rings is 1. The molecule has 11 heteroatoms. The van der Waals surface area contributed by atoms with Crippen LogP contribution in [0, 0.1) is 11.3 Å². The molecule has 4 N–H and O–H groups in total. The number of nitrogens with two attached hydrogens (primary N) is 1. The number of amides is 2. The second-order valence-electron chi connectivity index (χ2n) is 7.50. The molecule has 0 bridgehead atoms. The summed E-state index contributed by atoms with van der Waals surface area (Å²) in [6.45, 7) is 0. The average molecular weight is 495 g/mol. The van der Waals surface area contributed by atoms with Gasteiger partial charge < -0.3 is 21.1 Å². The van der Waals surface area contributed by atoms with Crippen LogP contribution in [0.5, 0.6) is 5.75 Å². The number of aromatic nitrogens is 2. The Morgan fingerprint density at radius 1 is 1.24 bits per heavy atom. The molecule has 2 heterocycles. The van der Waals surface area contributed by atoms with Gasteiger partial charge in [-0.3, -0.25) is 9.59 Å². The Morgan fingerprint density at radius 3 is 2.71 bits per heavy atom. The monoisotopic (exact) mass is 494 g/mol. The first kappa shape index (κ1) is 23.5. The molecule has 0 saturated carbocycles. The van der Waals surface area contributed by atoms with E-state index in [1.165, 1.54) is 17.5 Å². The molecule has 1 aliphatic rings. The predicted octanol–water partition coefficient (Wildman–Crippen LogP) is 3.86. The van der Waals surface area contributed by atoms with Crippen molar-refractivity contribution in [3.8, 4) is 11.8 Å². The summed E-state index contributed by atoms with van der Waals surface area (Å²) in [5.74, 6) is 0.269. The van der Waals surface area contributed by atoms with Crippen molar-refractivity contribution in [2.45, 2.75) is 30.8 Å². The van der Waals surface area contributed by atoms with E-state index in [1.54, 1.807) is 31.4 Å². The first-order valence-electron chi connectivity index (χ1n) is 10.5. The van der Waals surface area contributed by atoms with Gasteiger partial charge in [-0.15, -0.1) is 11.3 Å². The quantitative estimate of drug-likeness (QED) is 0.332. The van der Waals surface area contributed by atoms with Crippen molar-refractivity contribution >= 4 is 51.4 Å². The fourth-order valence-electron chi connectivity index (χ4n) is 3.59. The molecule has 0 aliphatic heterocycles. The van der Waals surface area contributed by atoms with Gasteiger partial charge in [0.1, 0.15) is 28.2 Å². The number of aryl methyl sites for hydroxylation is 1. The summed E-state index contributed by atoms with van der Waals surface area (Å²) in [6, 6.07) is 8.99. The lowest BCUT2D eigenvalue weighted by molar-refractivity contribution is -0.113. The minimum Gasteiger partial charge on any atom is -0.497 e. The number of rotatable bonds is 7. The van der Waals surface area contributed by atoms with E-state index in [0.717, 1.165) is 47.9 Å². The van der Waals surface area contributed by atoms with Crippen molar-refractivity contribution in [1.29, 1.82) is 5.26 Å². The van der Waals surface area contributed by atoms with Gasteiger partial charge in [0.25, 0.3) is 5.91 Å². The topological polar surface area (TPSA) is 143 Å². The fraction of sp³-hybridized carbons (Fsp3) is 0.261. The number of anilines is 3. The Hall–Kier alpha value is -3.62. The third kappa shape index (κ3) is 5.30. The molecule has 0 spiro atoms. The van der Waals surface area contributed by atoms with E-state index in [0.29, 0.717) is 27.2 Å². The number of nitrogen functional groups attached to an aromatic ring is 1. The summed E-state index contributed by atoms with van der Waals surface area (Å²) < 4.78 is 5.17. The highest BCUT2D eigenvalue weighted by molar-refractivity contribution is 7.99. The average Bonchev–Trinajstić information content (AvgIpc) is 3.21. The van der Waals surface area contributed by atoms with Gasteiger partial charge in [0.05, 0.1) is 24.6 Å². The summed E-state index contributed by atoms with van der Waals surface area (Å²) in [4.78, 5) is 35.1. The highest BCUT2D eigenvalue weighted by atomic mass is 32.2. The van der Waals surface area contributed by atoms with Gasteiger partial charge in [-0.05, 0) is 55.5 Å². The molecular weight excluding hydrogens is 472 g/mol. The molecule has 0 radical (unpaired) electrons. The summed E-state index contributed by atoms with van der Waals surface area (Å²) in [5, 5.41) is 15.6. The number of carbonyl (C=O) groups excluding carboxylic acids is 2. The molecule has 0 saturated heterocycles. The summed E-state index contributed by atoms with van der Waals surface area (Å²) in [7, 11) is 1.58. The zero-order chi connectivity index (χ0) is 24.1. The summed E-state index contributed by atoms with van der Waals surface area (Å²) in [5.41, 5.74) is 8.07. The van der Waals surface area contributed by atoms with E-state index in [1.807, 2.05) is 6.07 Å². The highest BCUT2D eigenvalue weighted by Gasteiger charge is 2.26. The Morgan fingerprint density at radius 2 is 2.00 bits per heavy atom. The zero-order valence-electron chi connectivity index (χ0n) is 18.4. The highest BCUT2D eigenvalue weighted by Crippen LogP contribution is 2.38. The van der Waals surface area contributed by atoms with Gasteiger partial charge in [-0.1, -0.05) is 11.8 Å². The largest absolute Gasteiger partial charge is 0.497 e. The third-order valence-electron chi connectivity index (χ3n) is 5.25. The number of carbonyl (C=O) groups is 2. The second-order valence-corrected chi connectivity index (χ2v) is 9.55. The number of nitrogens with one attached hydrogen (secondary N) is 2. The van der Waals surface area contributed by atoms with E-state index >= 15 is 0 Å². The number of ether oxygens (including phenoxy) is 1. The minimum absolute atomic E-state index is 0.0352. The maximum atomic E-state index is 13.2. The van der Waals surface area contributed by atoms with E-state index in [2.05, 4.69) is 20.6 Å². The lowest BCUT2D eigenvalue weighted by Gasteiger charge is -2.13. The Kier molecular flexibility index (Phi) is 7.30. The normalized spacial score (nSPS) is 12.4. The van der Waals surface area contributed by atoms with Crippen LogP contribution in [0.15, 0.2) is 35.6 Å². The third-order valence-corrected chi connectivity index (χ3v) is 7.32. The maximum Gasteiger partial charge on any atom is 0.258 e. The Balaban J connectivity index is 1.49. The number of benzene rings is 1. The van der Waals surface area contributed by atoms with Gasteiger partial charge in [0.2, 0.25) is 5.91 Å². The lowest BCUT2D eigenvalue weighted by Crippen LogP contribution is -2.19. The number of nitrogens with zero attached hydrogens (tertiary/aromatic N) is 3. The fourth-order valence-corrected chi connectivity index (χ4v) is 5.51. The molecule has 2 aromatic heterocycles. The molecule has 9 nitrogen and oxygen atoms in total. The van der Waals surface area contributed by atoms with Gasteiger partial charge >= 0.3 is 0 Å². The van der Waals surface area contributed by atoms with Crippen molar-refractivity contribution < 1.29 is 14.3 Å². The van der Waals surface area contributed by atoms with Crippen LogP contribution in [-0.2, 0) is 17.6 Å². The van der Waals surface area contributed by atoms with Crippen LogP contribution in [0.4, 0.5) is 16.5 Å². The number of methoxy groups -OCH3 is 1. The van der Waals surface area contributed by atoms with E-state index in [9.17, 15) is 9.59 Å². The minimum atomic E-state index is -0.284. The van der Waals surface area contributed by atoms with Crippen LogP contribution in [0.3, 0.4) is 0 Å². The van der Waals surface area contributed by atoms with Crippen molar-refractivity contribution in [2.75, 3.05) is 29.2 Å². The Bertz CT molecular complexity index is 1270. The number of nitriles is 1. The van der Waals surface area contributed by atoms with E-state index < -0.39 is 0 Å². The van der Waals surface area contributed by atoms with E-state index in [4.69, 9.17) is 15.7 Å². The maximum absolute atomic E-state index is 13.2. The smallest absolute Gasteiger partial charge is 0.258 e. The van der Waals surface area contributed by atoms with Crippen molar-refractivity contribution in [3.63, 3.8) is 0 Å². The van der Waals surface area contributed by atoms with Crippen LogP contribution in [0.2, 0.25) is 0 Å². The molecule has 34 heavy (non-hydrogen) atoms. The summed E-state index contributed by atoms with van der Waals surface area (Å²) >= 11 is 2.56. The first-order chi connectivity index (χ1) is 16.5. The number of fused-ring (bicyclic) bond motifs is 1. The molecule has 0 fully saturated rings. The van der Waals surface area contributed by atoms with Crippen LogP contribution >= 0.6 is 23.1 Å². The SMILES string of the molecule is COc1ccc(NC(=O)c2c(NC(=O)CSc3ncc(C#N)c(N)n3)sc3c2CCCC3)cc1. The van der Waals surface area contributed by atoms with Crippen LogP contribution in [0.1, 0.15) is 39.2 Å². The lowest BCUT2D eigenvalue weighted by atomic mass is 9.95. The van der Waals surface area contributed by atoms with Gasteiger partial charge in [0, 0.05) is 10.6 Å². The van der Waals surface area contributed by atoms with Gasteiger partial charge in [-0.25, -0.2) is 9.97 Å². The predicted molar refractivity (Wildman–Crippen MR) is 132 cm³/mol. The molecular formula is C23H22N6O3S2. The zero-order valence-corrected chi connectivity index (χ0v) is 20.0. The van der Waals surface area contributed by atoms with Crippen LogP contribution < -0.4 is 21.1 Å². The molecule has 3 aromatic rings. The molecule has 174 valence electrons. The van der Waals surface area contributed by atoms with Gasteiger partial charge in [-0.2, -0.15) is 5.26 Å². The molecule has 1 aliphatic carbocycles. The number of thioether (sulfide) groups is 1. The molecule has 2 amide bonds. The Labute approximate surface area is 204 Å². The van der Waals surface area contributed by atoms with Crippen molar-refractivity contribution in [1.82, 2.24) is 9.97 Å². The molecule has 0 unspecified atom stereocenters. The summed E-state index contributed by atoms with van der Waals surface area (Å²) in [6.07, 6.45) is 5.10. The molecule has 1 aromatic carbocycles. The second kappa shape index (κ2) is 10.5. The van der Waals surface area contributed by atoms with Gasteiger partial charge in [0.15, 0.2) is 5.16 Å². The standard InChI is InChI=1S/C23H22N6O3S2/c1-32-15-8-6-14(7-9-15)27-21(31)19-16-4-2-3-5-17(16)34-22(19)28-18(30)12-33-23-26-11-13(10-24)20(25)29-23/h6-9,11H,2-5,12H2,1H3,(H,27,31)(H,28,30)(H2,25,26,29). The first-order valence-corrected chi connectivity index (χ1v) is 12.3. The van der Waals surface area contributed by atoms with Crippen molar-refractivity contribution in [2.24, 2.45) is 0 Å². The number of hydrogen-bond acceptors (Lipinski definition) is 9. The van der Waals surface area contributed by atoms with E-state index in [-0.39, 0.29) is 28.9 Å². The number of hydrogen-bond donors (Lipinski definition) is 3. The van der Waals surface area contributed by atoms with Crippen LogP contribution in [-0.4, -0.2) is 34.6 Å². The van der Waals surface area contributed by atoms with Crippen molar-refractivity contribution in [3.05, 3.63) is 52.0 Å².